The molecule has 0 spiro atoms. The van der Waals surface area contributed by atoms with Gasteiger partial charge in [-0.3, -0.25) is 0 Å². The average molecular weight is 285 g/mol. The third-order valence-corrected chi connectivity index (χ3v) is 4.00. The summed E-state index contributed by atoms with van der Waals surface area (Å²) < 4.78 is 11.2. The number of nitrogens with zero attached hydrogens (tertiary/aromatic N) is 1. The van der Waals surface area contributed by atoms with E-state index in [2.05, 4.69) is 36.2 Å². The van der Waals surface area contributed by atoms with Crippen molar-refractivity contribution in [2.24, 2.45) is 5.92 Å². The van der Waals surface area contributed by atoms with E-state index in [0.29, 0.717) is 5.92 Å². The van der Waals surface area contributed by atoms with Crippen LogP contribution in [-0.2, 0) is 11.3 Å². The second-order valence-electron chi connectivity index (χ2n) is 6.04. The Morgan fingerprint density at radius 2 is 2.14 bits per heavy atom. The van der Waals surface area contributed by atoms with Crippen molar-refractivity contribution >= 4 is 0 Å². The fourth-order valence-corrected chi connectivity index (χ4v) is 2.96. The van der Waals surface area contributed by atoms with Gasteiger partial charge in [0, 0.05) is 25.3 Å². The van der Waals surface area contributed by atoms with Gasteiger partial charge in [-0.15, -0.1) is 0 Å². The molecule has 3 heteroatoms. The standard InChI is InChI=1S/C18H23NO2/c1-14-6-7-18(21-14)17-5-3-4-15(10-17)11-19(2)12-16-8-9-20-13-16/h3-7,10,16H,8-9,11-13H2,1-2H3. The predicted octanol–water partition coefficient (Wildman–Crippen LogP) is 3.72. The Morgan fingerprint density at radius 1 is 1.24 bits per heavy atom. The van der Waals surface area contributed by atoms with E-state index in [0.717, 1.165) is 43.4 Å². The largest absolute Gasteiger partial charge is 0.461 e. The van der Waals surface area contributed by atoms with E-state index in [1.165, 1.54) is 12.0 Å². The molecule has 1 aromatic carbocycles. The molecule has 1 aliphatic rings. The maximum Gasteiger partial charge on any atom is 0.134 e. The highest BCUT2D eigenvalue weighted by atomic mass is 16.5. The molecule has 1 atom stereocenters. The second kappa shape index (κ2) is 6.46. The molecule has 1 saturated heterocycles. The van der Waals surface area contributed by atoms with Crippen LogP contribution in [0.5, 0.6) is 0 Å². The zero-order valence-corrected chi connectivity index (χ0v) is 12.8. The summed E-state index contributed by atoms with van der Waals surface area (Å²) >= 11 is 0. The summed E-state index contributed by atoms with van der Waals surface area (Å²) in [6, 6.07) is 12.7. The molecule has 0 radical (unpaired) electrons. The molecule has 1 unspecified atom stereocenters. The molecule has 0 amide bonds. The summed E-state index contributed by atoms with van der Waals surface area (Å²) in [4.78, 5) is 2.38. The Balaban J connectivity index is 1.65. The van der Waals surface area contributed by atoms with Crippen LogP contribution in [0, 0.1) is 12.8 Å². The molecule has 2 heterocycles. The summed E-state index contributed by atoms with van der Waals surface area (Å²) in [6.07, 6.45) is 1.19. The van der Waals surface area contributed by atoms with Crippen LogP contribution in [0.4, 0.5) is 0 Å². The number of ether oxygens (including phenoxy) is 1. The predicted molar refractivity (Wildman–Crippen MR) is 84.1 cm³/mol. The number of benzene rings is 1. The van der Waals surface area contributed by atoms with Gasteiger partial charge in [-0.2, -0.15) is 0 Å². The van der Waals surface area contributed by atoms with Crippen molar-refractivity contribution < 1.29 is 9.15 Å². The highest BCUT2D eigenvalue weighted by Gasteiger charge is 2.17. The maximum absolute atomic E-state index is 5.71. The first-order chi connectivity index (χ1) is 10.2. The average Bonchev–Trinajstić information content (AvgIpc) is 3.10. The van der Waals surface area contributed by atoms with Crippen molar-refractivity contribution in [3.63, 3.8) is 0 Å². The van der Waals surface area contributed by atoms with Crippen molar-refractivity contribution in [3.05, 3.63) is 47.7 Å². The molecule has 3 rings (SSSR count). The first-order valence-electron chi connectivity index (χ1n) is 7.63. The quantitative estimate of drug-likeness (QED) is 0.837. The minimum absolute atomic E-state index is 0.686. The summed E-state index contributed by atoms with van der Waals surface area (Å²) in [7, 11) is 2.18. The lowest BCUT2D eigenvalue weighted by molar-refractivity contribution is 0.173. The van der Waals surface area contributed by atoms with Crippen molar-refractivity contribution in [1.29, 1.82) is 0 Å². The van der Waals surface area contributed by atoms with E-state index >= 15 is 0 Å². The van der Waals surface area contributed by atoms with E-state index in [4.69, 9.17) is 9.15 Å². The van der Waals surface area contributed by atoms with Gasteiger partial charge >= 0.3 is 0 Å². The fourth-order valence-electron chi connectivity index (χ4n) is 2.96. The van der Waals surface area contributed by atoms with Gasteiger partial charge in [0.1, 0.15) is 11.5 Å². The van der Waals surface area contributed by atoms with Crippen LogP contribution in [0.25, 0.3) is 11.3 Å². The highest BCUT2D eigenvalue weighted by molar-refractivity contribution is 5.58. The SMILES string of the molecule is Cc1ccc(-c2cccc(CN(C)CC3CCOC3)c2)o1. The molecule has 21 heavy (non-hydrogen) atoms. The zero-order chi connectivity index (χ0) is 14.7. The maximum atomic E-state index is 5.71. The van der Waals surface area contributed by atoms with E-state index in [-0.39, 0.29) is 0 Å². The number of hydrogen-bond acceptors (Lipinski definition) is 3. The number of aryl methyl sites for hydroxylation is 1. The third-order valence-electron chi connectivity index (χ3n) is 4.00. The minimum Gasteiger partial charge on any atom is -0.461 e. The van der Waals surface area contributed by atoms with E-state index in [9.17, 15) is 0 Å². The lowest BCUT2D eigenvalue weighted by atomic mass is 10.1. The highest BCUT2D eigenvalue weighted by Crippen LogP contribution is 2.23. The molecule has 1 fully saturated rings. The lowest BCUT2D eigenvalue weighted by Crippen LogP contribution is -2.25. The lowest BCUT2D eigenvalue weighted by Gasteiger charge is -2.20. The molecule has 2 aromatic rings. The molecular formula is C18H23NO2. The monoisotopic (exact) mass is 285 g/mol. The van der Waals surface area contributed by atoms with Crippen LogP contribution >= 0.6 is 0 Å². The Bertz CT molecular complexity index is 584. The van der Waals surface area contributed by atoms with Gasteiger partial charge in [0.15, 0.2) is 0 Å². The van der Waals surface area contributed by atoms with Crippen molar-refractivity contribution in [2.45, 2.75) is 19.9 Å². The van der Waals surface area contributed by atoms with Crippen LogP contribution in [0.3, 0.4) is 0 Å². The third kappa shape index (κ3) is 3.74. The molecule has 1 aromatic heterocycles. The van der Waals surface area contributed by atoms with Crippen molar-refractivity contribution in [2.75, 3.05) is 26.8 Å². The molecule has 0 saturated carbocycles. The number of hydrogen-bond donors (Lipinski definition) is 0. The van der Waals surface area contributed by atoms with E-state index in [1.54, 1.807) is 0 Å². The second-order valence-corrected chi connectivity index (χ2v) is 6.04. The smallest absolute Gasteiger partial charge is 0.134 e. The van der Waals surface area contributed by atoms with Gasteiger partial charge in [0.2, 0.25) is 0 Å². The Morgan fingerprint density at radius 3 is 2.86 bits per heavy atom. The first-order valence-corrected chi connectivity index (χ1v) is 7.63. The first kappa shape index (κ1) is 14.4. The van der Waals surface area contributed by atoms with Gasteiger partial charge in [-0.05, 0) is 50.1 Å². The Kier molecular flexibility index (Phi) is 4.42. The summed E-state index contributed by atoms with van der Waals surface area (Å²) in [5.74, 6) is 2.58. The van der Waals surface area contributed by atoms with Crippen LogP contribution < -0.4 is 0 Å². The Hall–Kier alpha value is -1.58. The summed E-state index contributed by atoms with van der Waals surface area (Å²) in [5, 5.41) is 0. The van der Waals surface area contributed by atoms with E-state index < -0.39 is 0 Å². The van der Waals surface area contributed by atoms with Crippen LogP contribution in [0.2, 0.25) is 0 Å². The van der Waals surface area contributed by atoms with Crippen LogP contribution in [-0.4, -0.2) is 31.7 Å². The fraction of sp³-hybridized carbons (Fsp3) is 0.444. The van der Waals surface area contributed by atoms with Gasteiger partial charge in [-0.1, -0.05) is 18.2 Å². The van der Waals surface area contributed by atoms with Crippen LogP contribution in [0.1, 0.15) is 17.7 Å². The molecule has 0 bridgehead atoms. The molecule has 0 N–H and O–H groups in total. The number of rotatable bonds is 5. The molecule has 112 valence electrons. The van der Waals surface area contributed by atoms with Crippen molar-refractivity contribution in [1.82, 2.24) is 4.90 Å². The zero-order valence-electron chi connectivity index (χ0n) is 12.8. The van der Waals surface area contributed by atoms with Crippen LogP contribution in [0.15, 0.2) is 40.8 Å². The van der Waals surface area contributed by atoms with Gasteiger partial charge in [0.25, 0.3) is 0 Å². The van der Waals surface area contributed by atoms with E-state index in [1.807, 2.05) is 19.1 Å². The van der Waals surface area contributed by atoms with Gasteiger partial charge < -0.3 is 14.1 Å². The normalized spacial score (nSPS) is 18.5. The topological polar surface area (TPSA) is 25.6 Å². The Labute approximate surface area is 126 Å². The summed E-state index contributed by atoms with van der Waals surface area (Å²) in [6.45, 7) is 5.88. The molecule has 0 aliphatic carbocycles. The summed E-state index contributed by atoms with van der Waals surface area (Å²) in [5.41, 5.74) is 2.47. The van der Waals surface area contributed by atoms with Gasteiger partial charge in [-0.25, -0.2) is 0 Å². The minimum atomic E-state index is 0.686. The van der Waals surface area contributed by atoms with Crippen molar-refractivity contribution in [3.8, 4) is 11.3 Å². The molecular weight excluding hydrogens is 262 g/mol. The number of furan rings is 1. The van der Waals surface area contributed by atoms with Gasteiger partial charge in [0.05, 0.1) is 6.61 Å². The molecule has 1 aliphatic heterocycles. The molecule has 3 nitrogen and oxygen atoms in total.